The monoisotopic (exact) mass is 289 g/mol. The zero-order valence-electron chi connectivity index (χ0n) is 12.3. The Morgan fingerprint density at radius 2 is 2.33 bits per heavy atom. The number of nitrogens with one attached hydrogen (secondary N) is 1. The normalized spacial score (nSPS) is 18.3. The van der Waals surface area contributed by atoms with E-state index < -0.39 is 0 Å². The summed E-state index contributed by atoms with van der Waals surface area (Å²) in [4.78, 5) is 20.5. The molecule has 0 radical (unpaired) electrons. The predicted octanol–water partition coefficient (Wildman–Crippen LogP) is 0.579. The highest BCUT2D eigenvalue weighted by Gasteiger charge is 2.17. The van der Waals surface area contributed by atoms with Gasteiger partial charge in [0.25, 0.3) is 5.78 Å². The van der Waals surface area contributed by atoms with Crippen molar-refractivity contribution in [3.8, 4) is 0 Å². The lowest BCUT2D eigenvalue weighted by Crippen LogP contribution is -2.33. The number of carbonyl (C=O) groups excluding carboxylic acids is 1. The maximum absolute atomic E-state index is 11.9. The quantitative estimate of drug-likeness (QED) is 0.890. The van der Waals surface area contributed by atoms with Crippen LogP contribution in [0.1, 0.15) is 30.1 Å². The van der Waals surface area contributed by atoms with Gasteiger partial charge in [-0.15, -0.1) is 5.10 Å². The number of fused-ring (bicyclic) bond motifs is 1. The van der Waals surface area contributed by atoms with Gasteiger partial charge in [-0.25, -0.2) is 9.50 Å². The minimum Gasteiger partial charge on any atom is -0.376 e. The van der Waals surface area contributed by atoms with Crippen molar-refractivity contribution in [2.75, 3.05) is 13.2 Å². The molecule has 1 unspecified atom stereocenters. The number of hydrogen-bond acceptors (Lipinski definition) is 5. The van der Waals surface area contributed by atoms with Crippen LogP contribution in [0.3, 0.4) is 0 Å². The Morgan fingerprint density at radius 1 is 1.48 bits per heavy atom. The number of ether oxygens (including phenoxy) is 1. The summed E-state index contributed by atoms with van der Waals surface area (Å²) in [5.41, 5.74) is 1.85. The van der Waals surface area contributed by atoms with Crippen molar-refractivity contribution in [1.82, 2.24) is 24.9 Å². The third-order valence-corrected chi connectivity index (χ3v) is 3.53. The Labute approximate surface area is 122 Å². The number of carbonyl (C=O) groups is 1. The number of rotatable bonds is 4. The lowest BCUT2D eigenvalue weighted by atomic mass is 10.2. The molecule has 7 nitrogen and oxygen atoms in total. The van der Waals surface area contributed by atoms with E-state index in [0.717, 1.165) is 30.8 Å². The highest BCUT2D eigenvalue weighted by molar-refractivity contribution is 5.77. The Morgan fingerprint density at radius 3 is 3.10 bits per heavy atom. The van der Waals surface area contributed by atoms with Crippen LogP contribution in [0.5, 0.6) is 0 Å². The maximum Gasteiger partial charge on any atom is 0.252 e. The number of hydrogen-bond donors (Lipinski definition) is 1. The standard InChI is InChI=1S/C14H19N5O2/c1-9-6-10(2)19-14(16-9)17-12(18-19)7-13(20)15-8-11-4-3-5-21-11/h6,11H,3-5,7-8H2,1-2H3,(H,15,20). The first-order valence-electron chi connectivity index (χ1n) is 7.20. The Kier molecular flexibility index (Phi) is 3.83. The van der Waals surface area contributed by atoms with Gasteiger partial charge in [-0.05, 0) is 32.8 Å². The second-order valence-electron chi connectivity index (χ2n) is 5.39. The fourth-order valence-corrected chi connectivity index (χ4v) is 2.52. The zero-order valence-corrected chi connectivity index (χ0v) is 12.3. The highest BCUT2D eigenvalue weighted by atomic mass is 16.5. The van der Waals surface area contributed by atoms with E-state index in [9.17, 15) is 4.79 Å². The van der Waals surface area contributed by atoms with E-state index >= 15 is 0 Å². The van der Waals surface area contributed by atoms with E-state index in [1.54, 1.807) is 4.52 Å². The molecule has 1 saturated heterocycles. The smallest absolute Gasteiger partial charge is 0.252 e. The van der Waals surface area contributed by atoms with Gasteiger partial charge in [-0.3, -0.25) is 4.79 Å². The fraction of sp³-hybridized carbons (Fsp3) is 0.571. The van der Waals surface area contributed by atoms with Crippen LogP contribution in [-0.2, 0) is 16.0 Å². The first-order valence-corrected chi connectivity index (χ1v) is 7.20. The Bertz CT molecular complexity index is 661. The Balaban J connectivity index is 1.64. The molecule has 21 heavy (non-hydrogen) atoms. The van der Waals surface area contributed by atoms with Crippen LogP contribution in [0, 0.1) is 13.8 Å². The molecule has 2 aromatic heterocycles. The van der Waals surface area contributed by atoms with Gasteiger partial charge in [0.15, 0.2) is 5.82 Å². The molecule has 1 fully saturated rings. The molecule has 3 heterocycles. The summed E-state index contributed by atoms with van der Waals surface area (Å²) in [6.45, 7) is 5.20. The van der Waals surface area contributed by atoms with Gasteiger partial charge in [-0.1, -0.05) is 0 Å². The molecule has 1 atom stereocenters. The van der Waals surface area contributed by atoms with Gasteiger partial charge in [0.1, 0.15) is 0 Å². The van der Waals surface area contributed by atoms with Crippen molar-refractivity contribution in [3.05, 3.63) is 23.3 Å². The summed E-state index contributed by atoms with van der Waals surface area (Å²) < 4.78 is 7.13. The van der Waals surface area contributed by atoms with E-state index in [1.165, 1.54) is 0 Å². The second kappa shape index (κ2) is 5.77. The molecule has 1 aliphatic heterocycles. The van der Waals surface area contributed by atoms with Gasteiger partial charge in [0.05, 0.1) is 12.5 Å². The summed E-state index contributed by atoms with van der Waals surface area (Å²) in [5.74, 6) is 0.936. The molecule has 112 valence electrons. The number of aryl methyl sites for hydroxylation is 2. The van der Waals surface area contributed by atoms with Crippen molar-refractivity contribution in [1.29, 1.82) is 0 Å². The molecule has 1 aliphatic rings. The predicted molar refractivity (Wildman–Crippen MR) is 75.9 cm³/mol. The molecular formula is C14H19N5O2. The van der Waals surface area contributed by atoms with Crippen LogP contribution < -0.4 is 5.32 Å². The minimum atomic E-state index is -0.0872. The van der Waals surface area contributed by atoms with Gasteiger partial charge in [0.2, 0.25) is 5.91 Å². The van der Waals surface area contributed by atoms with E-state index in [2.05, 4.69) is 20.4 Å². The van der Waals surface area contributed by atoms with E-state index in [0.29, 0.717) is 18.1 Å². The summed E-state index contributed by atoms with van der Waals surface area (Å²) in [7, 11) is 0. The van der Waals surface area contributed by atoms with Crippen molar-refractivity contribution >= 4 is 11.7 Å². The SMILES string of the molecule is Cc1cc(C)n2nc(CC(=O)NCC3CCCO3)nc2n1. The third-order valence-electron chi connectivity index (χ3n) is 3.53. The molecule has 2 aromatic rings. The van der Waals surface area contributed by atoms with Crippen molar-refractivity contribution in [2.24, 2.45) is 0 Å². The lowest BCUT2D eigenvalue weighted by molar-refractivity contribution is -0.121. The average molecular weight is 289 g/mol. The molecular weight excluding hydrogens is 270 g/mol. The Hall–Kier alpha value is -2.02. The van der Waals surface area contributed by atoms with E-state index in [4.69, 9.17) is 4.74 Å². The van der Waals surface area contributed by atoms with Crippen molar-refractivity contribution < 1.29 is 9.53 Å². The molecule has 0 aliphatic carbocycles. The number of aromatic nitrogens is 4. The summed E-state index contributed by atoms with van der Waals surface area (Å²) in [6, 6.07) is 1.93. The topological polar surface area (TPSA) is 81.4 Å². The minimum absolute atomic E-state index is 0.0872. The molecule has 7 heteroatoms. The van der Waals surface area contributed by atoms with Crippen LogP contribution in [-0.4, -0.2) is 44.7 Å². The van der Waals surface area contributed by atoms with Crippen molar-refractivity contribution in [3.63, 3.8) is 0 Å². The molecule has 0 aromatic carbocycles. The summed E-state index contributed by atoms with van der Waals surface area (Å²) in [5, 5.41) is 7.19. The van der Waals surface area contributed by atoms with Crippen LogP contribution in [0.15, 0.2) is 6.07 Å². The first-order chi connectivity index (χ1) is 10.1. The van der Waals surface area contributed by atoms with Gasteiger partial charge < -0.3 is 10.1 Å². The molecule has 1 N–H and O–H groups in total. The fourth-order valence-electron chi connectivity index (χ4n) is 2.52. The van der Waals surface area contributed by atoms with Crippen LogP contribution >= 0.6 is 0 Å². The molecule has 0 saturated carbocycles. The van der Waals surface area contributed by atoms with Crippen molar-refractivity contribution in [2.45, 2.75) is 39.2 Å². The first kappa shape index (κ1) is 13.9. The van der Waals surface area contributed by atoms with E-state index in [1.807, 2.05) is 19.9 Å². The zero-order chi connectivity index (χ0) is 14.8. The lowest BCUT2D eigenvalue weighted by Gasteiger charge is -2.09. The maximum atomic E-state index is 11.9. The number of nitrogens with zero attached hydrogens (tertiary/aromatic N) is 4. The molecule has 0 spiro atoms. The average Bonchev–Trinajstić information content (AvgIpc) is 3.05. The molecule has 0 bridgehead atoms. The van der Waals surface area contributed by atoms with Gasteiger partial charge in [-0.2, -0.15) is 4.98 Å². The highest BCUT2D eigenvalue weighted by Crippen LogP contribution is 2.10. The third kappa shape index (κ3) is 3.18. The van der Waals surface area contributed by atoms with Crippen LogP contribution in [0.2, 0.25) is 0 Å². The van der Waals surface area contributed by atoms with Crippen LogP contribution in [0.4, 0.5) is 0 Å². The molecule has 1 amide bonds. The van der Waals surface area contributed by atoms with E-state index in [-0.39, 0.29) is 18.4 Å². The van der Waals surface area contributed by atoms with Crippen LogP contribution in [0.25, 0.3) is 5.78 Å². The summed E-state index contributed by atoms with van der Waals surface area (Å²) >= 11 is 0. The second-order valence-corrected chi connectivity index (χ2v) is 5.39. The van der Waals surface area contributed by atoms with Gasteiger partial charge in [0, 0.05) is 24.5 Å². The number of amides is 1. The van der Waals surface area contributed by atoms with Gasteiger partial charge >= 0.3 is 0 Å². The largest absolute Gasteiger partial charge is 0.376 e. The molecule has 3 rings (SSSR count). The summed E-state index contributed by atoms with van der Waals surface area (Å²) in [6.07, 6.45) is 2.39.